The number of nitrogens with zero attached hydrogens (tertiary/aromatic N) is 2. The third-order valence-corrected chi connectivity index (χ3v) is 3.96. The third kappa shape index (κ3) is 2.60. The van der Waals surface area contributed by atoms with E-state index in [0.717, 1.165) is 17.7 Å². The van der Waals surface area contributed by atoms with Gasteiger partial charge in [0.05, 0.1) is 11.7 Å². The number of carboxylic acids is 1. The summed E-state index contributed by atoms with van der Waals surface area (Å²) in [7, 11) is 0. The van der Waals surface area contributed by atoms with Gasteiger partial charge in [0.2, 0.25) is 0 Å². The van der Waals surface area contributed by atoms with Crippen LogP contribution in [-0.4, -0.2) is 16.8 Å². The van der Waals surface area contributed by atoms with Crippen molar-refractivity contribution in [2.24, 2.45) is 5.10 Å². The lowest BCUT2D eigenvalue weighted by Crippen LogP contribution is -2.19. The minimum Gasteiger partial charge on any atom is -0.477 e. The van der Waals surface area contributed by atoms with Crippen molar-refractivity contribution in [2.45, 2.75) is 25.8 Å². The number of hydrogen-bond donors (Lipinski definition) is 1. The molecule has 2 aromatic rings. The molecule has 0 saturated carbocycles. The number of carbonyl (C=O) groups is 1. The molecule has 0 radical (unpaired) electrons. The summed E-state index contributed by atoms with van der Waals surface area (Å²) in [4.78, 5) is 11.4. The van der Waals surface area contributed by atoms with E-state index in [1.54, 1.807) is 0 Å². The molecular formula is C18H18N2O2. The molecule has 3 rings (SSSR count). The van der Waals surface area contributed by atoms with E-state index in [-0.39, 0.29) is 11.8 Å². The molecule has 0 spiro atoms. The Labute approximate surface area is 129 Å². The van der Waals surface area contributed by atoms with Crippen LogP contribution in [0.1, 0.15) is 30.5 Å². The number of aryl methyl sites for hydroxylation is 1. The van der Waals surface area contributed by atoms with Crippen molar-refractivity contribution >= 4 is 17.4 Å². The van der Waals surface area contributed by atoms with Gasteiger partial charge in [-0.2, -0.15) is 5.10 Å². The van der Waals surface area contributed by atoms with Gasteiger partial charge >= 0.3 is 5.97 Å². The second-order valence-electron chi connectivity index (χ2n) is 5.31. The average molecular weight is 294 g/mol. The number of benzene rings is 2. The Balaban J connectivity index is 2.05. The molecule has 0 bridgehead atoms. The minimum atomic E-state index is -0.947. The van der Waals surface area contributed by atoms with Crippen molar-refractivity contribution in [1.82, 2.24) is 0 Å². The quantitative estimate of drug-likeness (QED) is 0.936. The number of carboxylic acid groups (broad SMARTS) is 1. The molecule has 1 heterocycles. The Bertz CT molecular complexity index is 710. The molecule has 1 aliphatic heterocycles. The number of anilines is 1. The van der Waals surface area contributed by atoms with E-state index in [9.17, 15) is 9.90 Å². The summed E-state index contributed by atoms with van der Waals surface area (Å²) in [6.07, 6.45) is 1.30. The van der Waals surface area contributed by atoms with Crippen molar-refractivity contribution in [1.29, 1.82) is 0 Å². The molecule has 4 heteroatoms. The molecule has 0 unspecified atom stereocenters. The van der Waals surface area contributed by atoms with Crippen molar-refractivity contribution in [3.63, 3.8) is 0 Å². The Kier molecular flexibility index (Phi) is 3.92. The van der Waals surface area contributed by atoms with E-state index in [0.29, 0.717) is 6.42 Å². The minimum absolute atomic E-state index is 0.0694. The highest BCUT2D eigenvalue weighted by atomic mass is 16.4. The highest BCUT2D eigenvalue weighted by Crippen LogP contribution is 2.36. The smallest absolute Gasteiger partial charge is 0.352 e. The maximum absolute atomic E-state index is 11.4. The third-order valence-electron chi connectivity index (χ3n) is 3.96. The van der Waals surface area contributed by atoms with Gasteiger partial charge in [0.15, 0.2) is 0 Å². The number of hydrazone groups is 1. The number of hydrogen-bond acceptors (Lipinski definition) is 3. The summed E-state index contributed by atoms with van der Waals surface area (Å²) in [5, 5.41) is 15.5. The molecule has 1 aliphatic rings. The fourth-order valence-corrected chi connectivity index (χ4v) is 2.83. The van der Waals surface area contributed by atoms with Crippen molar-refractivity contribution < 1.29 is 9.90 Å². The van der Waals surface area contributed by atoms with Crippen LogP contribution < -0.4 is 5.01 Å². The molecule has 0 aromatic heterocycles. The number of rotatable bonds is 4. The average Bonchev–Trinajstić information content (AvgIpc) is 3.01. The maximum atomic E-state index is 11.4. The van der Waals surface area contributed by atoms with Gasteiger partial charge in [-0.25, -0.2) is 4.79 Å². The first-order chi connectivity index (χ1) is 10.7. The predicted octanol–water partition coefficient (Wildman–Crippen LogP) is 3.64. The predicted molar refractivity (Wildman–Crippen MR) is 87.2 cm³/mol. The van der Waals surface area contributed by atoms with E-state index >= 15 is 0 Å². The molecule has 2 aromatic carbocycles. The molecule has 1 N–H and O–H groups in total. The van der Waals surface area contributed by atoms with Crippen LogP contribution in [0, 0.1) is 0 Å². The summed E-state index contributed by atoms with van der Waals surface area (Å²) >= 11 is 0. The highest BCUT2D eigenvalue weighted by molar-refractivity contribution is 6.36. The number of aliphatic carboxylic acids is 1. The van der Waals surface area contributed by atoms with Gasteiger partial charge in [-0.1, -0.05) is 55.5 Å². The van der Waals surface area contributed by atoms with Crippen LogP contribution >= 0.6 is 0 Å². The van der Waals surface area contributed by atoms with Crippen molar-refractivity contribution in [2.75, 3.05) is 5.01 Å². The lowest BCUT2D eigenvalue weighted by Gasteiger charge is -2.25. The van der Waals surface area contributed by atoms with Gasteiger partial charge in [-0.15, -0.1) is 0 Å². The first-order valence-electron chi connectivity index (χ1n) is 7.43. The summed E-state index contributed by atoms with van der Waals surface area (Å²) in [5.74, 6) is -0.947. The highest BCUT2D eigenvalue weighted by Gasteiger charge is 2.32. The van der Waals surface area contributed by atoms with Crippen LogP contribution in [0.5, 0.6) is 0 Å². The molecule has 0 fully saturated rings. The summed E-state index contributed by atoms with van der Waals surface area (Å²) in [5.41, 5.74) is 3.43. The molecule has 1 atom stereocenters. The molecule has 4 nitrogen and oxygen atoms in total. The van der Waals surface area contributed by atoms with Gasteiger partial charge in [0.1, 0.15) is 5.71 Å². The summed E-state index contributed by atoms with van der Waals surface area (Å²) in [6.45, 7) is 2.09. The second kappa shape index (κ2) is 6.02. The monoisotopic (exact) mass is 294 g/mol. The van der Waals surface area contributed by atoms with Crippen LogP contribution in [0.3, 0.4) is 0 Å². The van der Waals surface area contributed by atoms with Gasteiger partial charge in [0.25, 0.3) is 0 Å². The zero-order chi connectivity index (χ0) is 15.5. The Morgan fingerprint density at radius 2 is 1.86 bits per heavy atom. The van der Waals surface area contributed by atoms with E-state index in [1.165, 1.54) is 5.56 Å². The molecule has 112 valence electrons. The summed E-state index contributed by atoms with van der Waals surface area (Å²) < 4.78 is 0. The van der Waals surface area contributed by atoms with E-state index in [1.807, 2.05) is 53.5 Å². The largest absolute Gasteiger partial charge is 0.477 e. The molecule has 0 amide bonds. The fraction of sp³-hybridized carbons (Fsp3) is 0.222. The van der Waals surface area contributed by atoms with E-state index in [2.05, 4.69) is 18.1 Å². The van der Waals surface area contributed by atoms with E-state index in [4.69, 9.17) is 0 Å². The Morgan fingerprint density at radius 3 is 2.55 bits per heavy atom. The lowest BCUT2D eigenvalue weighted by molar-refractivity contribution is -0.129. The van der Waals surface area contributed by atoms with Crippen LogP contribution in [0.4, 0.5) is 5.69 Å². The van der Waals surface area contributed by atoms with Gasteiger partial charge < -0.3 is 5.11 Å². The SMILES string of the molecule is CCc1ccccc1N1N=C(C(=O)O)C[C@@H]1c1ccccc1. The second-order valence-corrected chi connectivity index (χ2v) is 5.31. The van der Waals surface area contributed by atoms with Gasteiger partial charge in [-0.3, -0.25) is 5.01 Å². The first-order valence-corrected chi connectivity index (χ1v) is 7.43. The molecular weight excluding hydrogens is 276 g/mol. The normalized spacial score (nSPS) is 17.4. The molecule has 22 heavy (non-hydrogen) atoms. The Hall–Kier alpha value is -2.62. The first kappa shape index (κ1) is 14.3. The van der Waals surface area contributed by atoms with Crippen LogP contribution in [-0.2, 0) is 11.2 Å². The van der Waals surface area contributed by atoms with Gasteiger partial charge in [0, 0.05) is 6.42 Å². The zero-order valence-electron chi connectivity index (χ0n) is 12.4. The Morgan fingerprint density at radius 1 is 1.18 bits per heavy atom. The number of para-hydroxylation sites is 1. The van der Waals surface area contributed by atoms with Crippen molar-refractivity contribution in [3.8, 4) is 0 Å². The topological polar surface area (TPSA) is 52.9 Å². The summed E-state index contributed by atoms with van der Waals surface area (Å²) in [6, 6.07) is 17.9. The molecule has 0 saturated heterocycles. The fourth-order valence-electron chi connectivity index (χ4n) is 2.83. The lowest BCUT2D eigenvalue weighted by atomic mass is 10.0. The van der Waals surface area contributed by atoms with Crippen LogP contribution in [0.2, 0.25) is 0 Å². The molecule has 0 aliphatic carbocycles. The van der Waals surface area contributed by atoms with Crippen molar-refractivity contribution in [3.05, 3.63) is 65.7 Å². The van der Waals surface area contributed by atoms with Crippen LogP contribution in [0.25, 0.3) is 0 Å². The standard InChI is InChI=1S/C18H18N2O2/c1-2-13-8-6-7-11-16(13)20-17(12-15(19-20)18(21)22)14-9-4-3-5-10-14/h3-11,17H,2,12H2,1H3,(H,21,22)/t17-/m1/s1. The zero-order valence-corrected chi connectivity index (χ0v) is 12.4. The van der Waals surface area contributed by atoms with E-state index < -0.39 is 5.97 Å². The van der Waals surface area contributed by atoms with Crippen LogP contribution in [0.15, 0.2) is 59.7 Å². The maximum Gasteiger partial charge on any atom is 0.352 e. The van der Waals surface area contributed by atoms with Gasteiger partial charge in [-0.05, 0) is 23.6 Å².